The van der Waals surface area contributed by atoms with Crippen molar-refractivity contribution in [3.63, 3.8) is 0 Å². The van der Waals surface area contributed by atoms with Gasteiger partial charge in [-0.25, -0.2) is 12.8 Å². The molecule has 2 aromatic carbocycles. The lowest BCUT2D eigenvalue weighted by Gasteiger charge is -2.41. The summed E-state index contributed by atoms with van der Waals surface area (Å²) in [6.45, 7) is 5.51. The minimum atomic E-state index is -4.16. The fourth-order valence-electron chi connectivity index (χ4n) is 3.15. The number of amides is 1. The molecule has 1 atom stereocenters. The largest absolute Gasteiger partial charge is 0.508 e. The molecule has 27 heavy (non-hydrogen) atoms. The van der Waals surface area contributed by atoms with Crippen LogP contribution in [0.3, 0.4) is 0 Å². The van der Waals surface area contributed by atoms with Gasteiger partial charge in [0.25, 0.3) is 15.9 Å². The average molecular weight is 390 g/mol. The second kappa shape index (κ2) is 7.03. The number of fused-ring (bicyclic) bond motifs is 1. The zero-order valence-corrected chi connectivity index (χ0v) is 15.5. The molecule has 3 rings (SSSR count). The molecule has 0 unspecified atom stereocenters. The van der Waals surface area contributed by atoms with E-state index in [0.717, 1.165) is 10.4 Å². The molecule has 0 saturated heterocycles. The van der Waals surface area contributed by atoms with E-state index in [-0.39, 0.29) is 29.3 Å². The van der Waals surface area contributed by atoms with Gasteiger partial charge in [0.2, 0.25) is 0 Å². The van der Waals surface area contributed by atoms with Crippen molar-refractivity contribution in [3.05, 3.63) is 60.9 Å². The standard InChI is InChI=1S/C19H19FN2O4S/c1-3-11-21-17-10-5-13(20)12-18(17)22(16(4-2)19(21)24)27(25,26)15-8-6-14(23)7-9-15/h3,5-10,12,16,23H,1,4,11H2,2H3/t16-/m0/s1. The summed E-state index contributed by atoms with van der Waals surface area (Å²) in [5.74, 6) is -1.10. The van der Waals surface area contributed by atoms with Crippen LogP contribution in [0.5, 0.6) is 5.75 Å². The smallest absolute Gasteiger partial charge is 0.265 e. The first-order valence-electron chi connectivity index (χ1n) is 8.36. The molecule has 0 radical (unpaired) electrons. The lowest BCUT2D eigenvalue weighted by atomic mass is 10.1. The van der Waals surface area contributed by atoms with Crippen LogP contribution in [0.1, 0.15) is 13.3 Å². The number of halogens is 1. The number of aromatic hydroxyl groups is 1. The van der Waals surface area contributed by atoms with Crippen LogP contribution in [0.2, 0.25) is 0 Å². The maximum Gasteiger partial charge on any atom is 0.265 e. The molecule has 142 valence electrons. The van der Waals surface area contributed by atoms with Gasteiger partial charge in [0, 0.05) is 12.6 Å². The molecule has 0 aliphatic carbocycles. The third-order valence-corrected chi connectivity index (χ3v) is 6.23. The molecule has 1 heterocycles. The third kappa shape index (κ3) is 3.16. The van der Waals surface area contributed by atoms with Gasteiger partial charge in [-0.2, -0.15) is 0 Å². The Morgan fingerprint density at radius 1 is 1.19 bits per heavy atom. The van der Waals surface area contributed by atoms with Gasteiger partial charge in [-0.3, -0.25) is 9.10 Å². The zero-order valence-electron chi connectivity index (χ0n) is 14.7. The number of carbonyl (C=O) groups excluding carboxylic acids is 1. The zero-order chi connectivity index (χ0) is 19.8. The lowest BCUT2D eigenvalue weighted by molar-refractivity contribution is -0.119. The molecule has 1 aliphatic rings. The number of phenolic OH excluding ortho intramolecular Hbond substituents is 1. The van der Waals surface area contributed by atoms with Crippen LogP contribution in [0.15, 0.2) is 60.0 Å². The summed E-state index contributed by atoms with van der Waals surface area (Å²) in [5.41, 5.74) is 0.393. The van der Waals surface area contributed by atoms with Crippen LogP contribution >= 0.6 is 0 Å². The predicted molar refractivity (Wildman–Crippen MR) is 101 cm³/mol. The van der Waals surface area contributed by atoms with Gasteiger partial charge in [-0.05, 0) is 42.8 Å². The van der Waals surface area contributed by atoms with Crippen LogP contribution < -0.4 is 9.21 Å². The molecule has 1 aliphatic heterocycles. The van der Waals surface area contributed by atoms with Gasteiger partial charge >= 0.3 is 0 Å². The molecule has 8 heteroatoms. The Morgan fingerprint density at radius 3 is 2.44 bits per heavy atom. The summed E-state index contributed by atoms with van der Waals surface area (Å²) in [6, 6.07) is 7.65. The predicted octanol–water partition coefficient (Wildman–Crippen LogP) is 3.04. The van der Waals surface area contributed by atoms with Gasteiger partial charge in [0.15, 0.2) is 0 Å². The summed E-state index contributed by atoms with van der Waals surface area (Å²) < 4.78 is 41.5. The van der Waals surface area contributed by atoms with Crippen molar-refractivity contribution in [2.75, 3.05) is 15.7 Å². The van der Waals surface area contributed by atoms with E-state index in [1.165, 1.54) is 47.4 Å². The molecule has 0 saturated carbocycles. The molecule has 6 nitrogen and oxygen atoms in total. The van der Waals surface area contributed by atoms with Crippen molar-refractivity contribution < 1.29 is 22.7 Å². The Bertz CT molecular complexity index is 989. The van der Waals surface area contributed by atoms with Crippen LogP contribution in [0, 0.1) is 5.82 Å². The average Bonchev–Trinajstić information content (AvgIpc) is 2.63. The van der Waals surface area contributed by atoms with Crippen LogP contribution in [0.25, 0.3) is 0 Å². The highest BCUT2D eigenvalue weighted by molar-refractivity contribution is 7.93. The summed E-state index contributed by atoms with van der Waals surface area (Å²) in [6.07, 6.45) is 1.74. The summed E-state index contributed by atoms with van der Waals surface area (Å²) in [5, 5.41) is 9.43. The Balaban J connectivity index is 2.25. The first-order valence-corrected chi connectivity index (χ1v) is 9.80. The number of sulfonamides is 1. The highest BCUT2D eigenvalue weighted by Gasteiger charge is 2.43. The molecule has 1 N–H and O–H groups in total. The van der Waals surface area contributed by atoms with Crippen LogP contribution in [0.4, 0.5) is 15.8 Å². The second-order valence-electron chi connectivity index (χ2n) is 6.09. The van der Waals surface area contributed by atoms with Crippen molar-refractivity contribution in [1.82, 2.24) is 0 Å². The topological polar surface area (TPSA) is 77.9 Å². The number of anilines is 2. The van der Waals surface area contributed by atoms with Gasteiger partial charge in [-0.1, -0.05) is 13.0 Å². The van der Waals surface area contributed by atoms with Crippen LogP contribution in [-0.2, 0) is 14.8 Å². The minimum absolute atomic E-state index is 0.0840. The summed E-state index contributed by atoms with van der Waals surface area (Å²) >= 11 is 0. The second-order valence-corrected chi connectivity index (χ2v) is 7.90. The highest BCUT2D eigenvalue weighted by atomic mass is 32.2. The fraction of sp³-hybridized carbons (Fsp3) is 0.211. The maximum atomic E-state index is 14.0. The number of nitrogens with zero attached hydrogens (tertiary/aromatic N) is 2. The molecule has 0 fully saturated rings. The molecule has 0 aromatic heterocycles. The van der Waals surface area contributed by atoms with E-state index in [1.807, 2.05) is 0 Å². The number of rotatable bonds is 5. The number of carbonyl (C=O) groups is 1. The van der Waals surface area contributed by atoms with E-state index in [9.17, 15) is 22.7 Å². The molecular weight excluding hydrogens is 371 g/mol. The van der Waals surface area contributed by atoms with E-state index in [2.05, 4.69) is 6.58 Å². The van der Waals surface area contributed by atoms with E-state index in [1.54, 1.807) is 6.92 Å². The van der Waals surface area contributed by atoms with Gasteiger partial charge < -0.3 is 10.0 Å². The third-order valence-electron chi connectivity index (χ3n) is 4.39. The summed E-state index contributed by atoms with van der Waals surface area (Å²) in [7, 11) is -4.16. The molecule has 0 spiro atoms. The van der Waals surface area contributed by atoms with Crippen molar-refractivity contribution >= 4 is 27.3 Å². The number of hydrogen-bond acceptors (Lipinski definition) is 4. The number of hydrogen-bond donors (Lipinski definition) is 1. The van der Waals surface area contributed by atoms with E-state index in [4.69, 9.17) is 0 Å². The highest BCUT2D eigenvalue weighted by Crippen LogP contribution is 2.41. The first-order chi connectivity index (χ1) is 12.8. The molecule has 2 aromatic rings. The lowest BCUT2D eigenvalue weighted by Crippen LogP contribution is -2.55. The van der Waals surface area contributed by atoms with Gasteiger partial charge in [0.1, 0.15) is 17.6 Å². The number of phenols is 1. The monoisotopic (exact) mass is 390 g/mol. The van der Waals surface area contributed by atoms with Crippen LogP contribution in [-0.4, -0.2) is 32.0 Å². The van der Waals surface area contributed by atoms with Crippen molar-refractivity contribution in [3.8, 4) is 5.75 Å². The van der Waals surface area contributed by atoms with Crippen molar-refractivity contribution in [2.24, 2.45) is 0 Å². The van der Waals surface area contributed by atoms with Gasteiger partial charge in [-0.15, -0.1) is 6.58 Å². The molecule has 0 bridgehead atoms. The summed E-state index contributed by atoms with van der Waals surface area (Å²) in [4.78, 5) is 14.3. The quantitative estimate of drug-likeness (QED) is 0.796. The fourth-order valence-corrected chi connectivity index (χ4v) is 4.84. The van der Waals surface area contributed by atoms with E-state index < -0.39 is 27.8 Å². The Morgan fingerprint density at radius 2 is 1.85 bits per heavy atom. The maximum absolute atomic E-state index is 14.0. The Kier molecular flexibility index (Phi) is 4.93. The Labute approximate surface area is 157 Å². The molecular formula is C19H19FN2O4S. The van der Waals surface area contributed by atoms with Crippen molar-refractivity contribution in [1.29, 1.82) is 0 Å². The first kappa shape index (κ1) is 18.9. The van der Waals surface area contributed by atoms with E-state index >= 15 is 0 Å². The minimum Gasteiger partial charge on any atom is -0.508 e. The Hall–Kier alpha value is -2.87. The van der Waals surface area contributed by atoms with Gasteiger partial charge in [0.05, 0.1) is 16.3 Å². The SMILES string of the molecule is C=CCN1C(=O)[C@H](CC)N(S(=O)(=O)c2ccc(O)cc2)c2cc(F)ccc21. The normalized spacial score (nSPS) is 17.0. The molecule has 1 amide bonds. The van der Waals surface area contributed by atoms with E-state index in [0.29, 0.717) is 5.69 Å². The van der Waals surface area contributed by atoms with Crippen molar-refractivity contribution in [2.45, 2.75) is 24.3 Å². The number of benzene rings is 2.